The number of hydrogen-bond donors (Lipinski definition) is 3. The number of amides is 2. The molecule has 21 heavy (non-hydrogen) atoms. The molecular weight excluding hydrogens is 268 g/mol. The van der Waals surface area contributed by atoms with Gasteiger partial charge in [0.1, 0.15) is 6.04 Å². The Kier molecular flexibility index (Phi) is 7.46. The van der Waals surface area contributed by atoms with Crippen LogP contribution in [-0.4, -0.2) is 35.6 Å². The number of benzene rings is 1. The van der Waals surface area contributed by atoms with Gasteiger partial charge < -0.3 is 15.7 Å². The van der Waals surface area contributed by atoms with Crippen molar-refractivity contribution in [3.8, 4) is 0 Å². The molecule has 0 aromatic heterocycles. The fraction of sp³-hybridized carbons (Fsp3) is 0.500. The number of carbonyl (C=O) groups is 2. The van der Waals surface area contributed by atoms with Crippen LogP contribution < -0.4 is 10.6 Å². The first-order chi connectivity index (χ1) is 10.0. The van der Waals surface area contributed by atoms with E-state index >= 15 is 0 Å². The van der Waals surface area contributed by atoms with Gasteiger partial charge in [0.25, 0.3) is 0 Å². The predicted molar refractivity (Wildman–Crippen MR) is 81.7 cm³/mol. The Bertz CT molecular complexity index is 446. The van der Waals surface area contributed by atoms with Crippen molar-refractivity contribution in [2.24, 2.45) is 0 Å². The second-order valence-corrected chi connectivity index (χ2v) is 5.17. The lowest BCUT2D eigenvalue weighted by Gasteiger charge is -2.18. The molecule has 1 rings (SSSR count). The van der Waals surface area contributed by atoms with Crippen LogP contribution in [-0.2, 0) is 16.0 Å². The van der Waals surface area contributed by atoms with Gasteiger partial charge in [0, 0.05) is 6.54 Å². The molecule has 3 N–H and O–H groups in total. The zero-order valence-corrected chi connectivity index (χ0v) is 12.6. The summed E-state index contributed by atoms with van der Waals surface area (Å²) in [6.07, 6.45) is 1.02. The highest BCUT2D eigenvalue weighted by molar-refractivity contribution is 5.88. The van der Waals surface area contributed by atoms with Gasteiger partial charge in [-0.2, -0.15) is 0 Å². The number of hydrogen-bond acceptors (Lipinski definition) is 3. The summed E-state index contributed by atoms with van der Waals surface area (Å²) in [6.45, 7) is 3.75. The maximum atomic E-state index is 12.0. The van der Waals surface area contributed by atoms with E-state index in [-0.39, 0.29) is 24.8 Å². The van der Waals surface area contributed by atoms with E-state index in [1.54, 1.807) is 6.92 Å². The number of carbonyl (C=O) groups excluding carboxylic acids is 2. The van der Waals surface area contributed by atoms with Crippen LogP contribution in [0.1, 0.15) is 32.3 Å². The molecular formula is C16H24N2O3. The average Bonchev–Trinajstić information content (AvgIpc) is 2.45. The first-order valence-corrected chi connectivity index (χ1v) is 7.32. The lowest BCUT2D eigenvalue weighted by molar-refractivity contribution is -0.129. The molecule has 0 unspecified atom stereocenters. The molecule has 0 radical (unpaired) electrons. The first-order valence-electron chi connectivity index (χ1n) is 7.32. The largest absolute Gasteiger partial charge is 0.392 e. The van der Waals surface area contributed by atoms with Crippen molar-refractivity contribution in [1.82, 2.24) is 10.6 Å². The summed E-state index contributed by atoms with van der Waals surface area (Å²) in [7, 11) is 0. The quantitative estimate of drug-likeness (QED) is 0.669. The van der Waals surface area contributed by atoms with Gasteiger partial charge in [-0.1, -0.05) is 43.7 Å². The van der Waals surface area contributed by atoms with Gasteiger partial charge in [-0.05, 0) is 18.9 Å². The summed E-state index contributed by atoms with van der Waals surface area (Å²) < 4.78 is 0. The SMILES string of the molecule is CCC[C@H](NC(=O)Cc1ccccc1)C(=O)NC[C@H](C)O. The van der Waals surface area contributed by atoms with E-state index in [0.29, 0.717) is 6.42 Å². The molecule has 0 spiro atoms. The van der Waals surface area contributed by atoms with Crippen molar-refractivity contribution < 1.29 is 14.7 Å². The summed E-state index contributed by atoms with van der Waals surface area (Å²) in [5.41, 5.74) is 0.912. The summed E-state index contributed by atoms with van der Waals surface area (Å²) in [5.74, 6) is -0.425. The van der Waals surface area contributed by atoms with Crippen molar-refractivity contribution >= 4 is 11.8 Å². The predicted octanol–water partition coefficient (Wildman–Crippen LogP) is 1.01. The van der Waals surface area contributed by atoms with Gasteiger partial charge >= 0.3 is 0 Å². The van der Waals surface area contributed by atoms with Crippen molar-refractivity contribution in [3.63, 3.8) is 0 Å². The normalized spacial score (nSPS) is 13.3. The topological polar surface area (TPSA) is 78.4 Å². The Morgan fingerprint density at radius 3 is 2.48 bits per heavy atom. The highest BCUT2D eigenvalue weighted by Gasteiger charge is 2.19. The van der Waals surface area contributed by atoms with Gasteiger partial charge in [-0.3, -0.25) is 9.59 Å². The molecule has 2 amide bonds. The Morgan fingerprint density at radius 1 is 1.24 bits per heavy atom. The summed E-state index contributed by atoms with van der Waals surface area (Å²) >= 11 is 0. The molecule has 2 atom stereocenters. The van der Waals surface area contributed by atoms with Crippen LogP contribution in [0.3, 0.4) is 0 Å². The van der Waals surface area contributed by atoms with E-state index in [4.69, 9.17) is 0 Å². The van der Waals surface area contributed by atoms with Crippen LogP contribution in [0.4, 0.5) is 0 Å². The lowest BCUT2D eigenvalue weighted by Crippen LogP contribution is -2.48. The summed E-state index contributed by atoms with van der Waals surface area (Å²) in [6, 6.07) is 8.85. The van der Waals surface area contributed by atoms with Gasteiger partial charge in [0.05, 0.1) is 12.5 Å². The number of rotatable bonds is 8. The minimum absolute atomic E-state index is 0.174. The molecule has 0 bridgehead atoms. The molecule has 0 heterocycles. The van der Waals surface area contributed by atoms with Crippen LogP contribution in [0.25, 0.3) is 0 Å². The highest BCUT2D eigenvalue weighted by Crippen LogP contribution is 2.02. The van der Waals surface area contributed by atoms with Crippen LogP contribution in [0.15, 0.2) is 30.3 Å². The molecule has 0 saturated carbocycles. The van der Waals surface area contributed by atoms with Crippen LogP contribution in [0.2, 0.25) is 0 Å². The van der Waals surface area contributed by atoms with Gasteiger partial charge in [0.15, 0.2) is 0 Å². The van der Waals surface area contributed by atoms with E-state index in [1.165, 1.54) is 0 Å². The fourth-order valence-corrected chi connectivity index (χ4v) is 1.96. The molecule has 5 heteroatoms. The standard InChI is InChI=1S/C16H24N2O3/c1-3-7-14(16(21)17-11-12(2)19)18-15(20)10-13-8-5-4-6-9-13/h4-6,8-9,12,14,19H,3,7,10-11H2,1-2H3,(H,17,21)(H,18,20)/t12-,14-/m0/s1. The minimum atomic E-state index is -0.601. The van der Waals surface area contributed by atoms with Gasteiger partial charge in [-0.15, -0.1) is 0 Å². The summed E-state index contributed by atoms with van der Waals surface area (Å²) in [4.78, 5) is 24.0. The molecule has 0 fully saturated rings. The van der Waals surface area contributed by atoms with Crippen LogP contribution in [0, 0.1) is 0 Å². The smallest absolute Gasteiger partial charge is 0.242 e. The monoisotopic (exact) mass is 292 g/mol. The van der Waals surface area contributed by atoms with E-state index in [1.807, 2.05) is 37.3 Å². The van der Waals surface area contributed by atoms with Gasteiger partial charge in [-0.25, -0.2) is 0 Å². The molecule has 0 aliphatic rings. The second kappa shape index (κ2) is 9.13. The zero-order valence-electron chi connectivity index (χ0n) is 12.6. The van der Waals surface area contributed by atoms with Crippen LogP contribution >= 0.6 is 0 Å². The highest BCUT2D eigenvalue weighted by atomic mass is 16.3. The number of nitrogens with one attached hydrogen (secondary N) is 2. The van der Waals surface area contributed by atoms with Crippen molar-refractivity contribution in [3.05, 3.63) is 35.9 Å². The maximum Gasteiger partial charge on any atom is 0.242 e. The number of aliphatic hydroxyl groups excluding tert-OH is 1. The van der Waals surface area contributed by atoms with Crippen molar-refractivity contribution in [1.29, 1.82) is 0 Å². The molecule has 0 aliphatic heterocycles. The van der Waals surface area contributed by atoms with Crippen molar-refractivity contribution in [2.75, 3.05) is 6.54 Å². The third kappa shape index (κ3) is 6.90. The molecule has 0 aliphatic carbocycles. The van der Waals surface area contributed by atoms with Crippen molar-refractivity contribution in [2.45, 2.75) is 45.3 Å². The Labute approximate surface area is 125 Å². The van der Waals surface area contributed by atoms with Gasteiger partial charge in [0.2, 0.25) is 11.8 Å². The van der Waals surface area contributed by atoms with E-state index in [2.05, 4.69) is 10.6 Å². The average molecular weight is 292 g/mol. The Morgan fingerprint density at radius 2 is 1.90 bits per heavy atom. The molecule has 5 nitrogen and oxygen atoms in total. The Balaban J connectivity index is 2.52. The minimum Gasteiger partial charge on any atom is -0.392 e. The third-order valence-electron chi connectivity index (χ3n) is 3.01. The van der Waals surface area contributed by atoms with E-state index < -0.39 is 12.1 Å². The molecule has 1 aromatic rings. The molecule has 116 valence electrons. The first kappa shape index (κ1) is 17.2. The molecule has 1 aromatic carbocycles. The lowest BCUT2D eigenvalue weighted by atomic mass is 10.1. The van der Waals surface area contributed by atoms with E-state index in [0.717, 1.165) is 12.0 Å². The van der Waals surface area contributed by atoms with E-state index in [9.17, 15) is 14.7 Å². The van der Waals surface area contributed by atoms with Crippen LogP contribution in [0.5, 0.6) is 0 Å². The third-order valence-corrected chi connectivity index (χ3v) is 3.01. The fourth-order valence-electron chi connectivity index (χ4n) is 1.96. The molecule has 0 saturated heterocycles. The summed E-state index contributed by atoms with van der Waals surface area (Å²) in [5, 5.41) is 14.6. The Hall–Kier alpha value is -1.88. The maximum absolute atomic E-state index is 12.0. The number of aliphatic hydroxyl groups is 1. The second-order valence-electron chi connectivity index (χ2n) is 5.17. The zero-order chi connectivity index (χ0) is 15.7.